The first kappa shape index (κ1) is 15.4. The second-order valence-corrected chi connectivity index (χ2v) is 6.42. The number of hydrogen-bond acceptors (Lipinski definition) is 4. The molecule has 2 aromatic rings. The monoisotopic (exact) mass is 374 g/mol. The number of carboxylic acid groups (broad SMARTS) is 1. The fourth-order valence-corrected chi connectivity index (χ4v) is 3.57. The lowest BCUT2D eigenvalue weighted by Gasteiger charge is -2.09. The highest BCUT2D eigenvalue weighted by Gasteiger charge is 2.19. The van der Waals surface area contributed by atoms with Gasteiger partial charge in [-0.05, 0) is 46.3 Å². The lowest BCUT2D eigenvalue weighted by Crippen LogP contribution is -2.15. The summed E-state index contributed by atoms with van der Waals surface area (Å²) in [5, 5.41) is 8.83. The molecule has 0 spiro atoms. The van der Waals surface area contributed by atoms with Gasteiger partial charge in [0.15, 0.2) is 0 Å². The van der Waals surface area contributed by atoms with E-state index < -0.39 is 21.8 Å². The van der Waals surface area contributed by atoms with Crippen LogP contribution >= 0.6 is 15.9 Å². The Morgan fingerprint density at radius 2 is 2.00 bits per heavy atom. The summed E-state index contributed by atoms with van der Waals surface area (Å²) in [7, 11) is -3.97. The van der Waals surface area contributed by atoms with E-state index in [2.05, 4.69) is 25.6 Å². The number of anilines is 1. The molecule has 9 heteroatoms. The van der Waals surface area contributed by atoms with Crippen molar-refractivity contribution < 1.29 is 22.7 Å². The predicted molar refractivity (Wildman–Crippen MR) is 76.1 cm³/mol. The maximum Gasteiger partial charge on any atom is 0.335 e. The molecule has 2 rings (SSSR count). The third kappa shape index (κ3) is 3.56. The number of nitrogens with zero attached hydrogens (tertiary/aromatic N) is 1. The SMILES string of the molecule is O=C(O)c1ccc(S(=O)(=O)Nc2ccc(F)cn2)c(Br)c1. The summed E-state index contributed by atoms with van der Waals surface area (Å²) in [6.07, 6.45) is 0.875. The minimum absolute atomic E-state index is 0.0504. The third-order valence-electron chi connectivity index (χ3n) is 2.43. The zero-order chi connectivity index (χ0) is 15.6. The molecule has 110 valence electrons. The number of carboxylic acids is 1. The number of aromatic nitrogens is 1. The molecule has 0 aliphatic carbocycles. The third-order valence-corrected chi connectivity index (χ3v) is 4.77. The number of halogens is 2. The van der Waals surface area contributed by atoms with E-state index >= 15 is 0 Å². The van der Waals surface area contributed by atoms with E-state index in [1.54, 1.807) is 0 Å². The highest BCUT2D eigenvalue weighted by Crippen LogP contribution is 2.25. The van der Waals surface area contributed by atoms with Crippen LogP contribution in [0.5, 0.6) is 0 Å². The average Bonchev–Trinajstić information content (AvgIpc) is 2.40. The van der Waals surface area contributed by atoms with Crippen molar-refractivity contribution in [2.45, 2.75) is 4.90 Å². The Kier molecular flexibility index (Phi) is 4.24. The molecule has 0 aliphatic rings. The maximum atomic E-state index is 12.7. The van der Waals surface area contributed by atoms with Crippen molar-refractivity contribution in [3.63, 3.8) is 0 Å². The van der Waals surface area contributed by atoms with Gasteiger partial charge >= 0.3 is 5.97 Å². The summed E-state index contributed by atoms with van der Waals surface area (Å²) in [5.74, 6) is -1.82. The Morgan fingerprint density at radius 3 is 2.52 bits per heavy atom. The van der Waals surface area contributed by atoms with E-state index in [0.717, 1.165) is 18.3 Å². The van der Waals surface area contributed by atoms with Crippen LogP contribution in [0.25, 0.3) is 0 Å². The molecule has 2 N–H and O–H groups in total. The molecule has 1 heterocycles. The number of benzene rings is 1. The zero-order valence-corrected chi connectivity index (χ0v) is 12.6. The van der Waals surface area contributed by atoms with Crippen LogP contribution in [0.15, 0.2) is 45.9 Å². The van der Waals surface area contributed by atoms with Crippen molar-refractivity contribution in [2.75, 3.05) is 4.72 Å². The van der Waals surface area contributed by atoms with E-state index in [1.165, 1.54) is 18.2 Å². The lowest BCUT2D eigenvalue weighted by molar-refractivity contribution is 0.0696. The summed E-state index contributed by atoms with van der Waals surface area (Å²) in [6.45, 7) is 0. The van der Waals surface area contributed by atoms with Gasteiger partial charge in [-0.3, -0.25) is 4.72 Å². The number of hydrogen-bond donors (Lipinski definition) is 2. The summed E-state index contributed by atoms with van der Waals surface area (Å²) in [6, 6.07) is 5.73. The molecule has 0 saturated carbocycles. The van der Waals surface area contributed by atoms with Crippen molar-refractivity contribution in [1.29, 1.82) is 0 Å². The van der Waals surface area contributed by atoms with Crippen LogP contribution in [0.1, 0.15) is 10.4 Å². The number of pyridine rings is 1. The fraction of sp³-hybridized carbons (Fsp3) is 0. The number of carbonyl (C=O) groups is 1. The van der Waals surface area contributed by atoms with Gasteiger partial charge in [-0.25, -0.2) is 22.6 Å². The van der Waals surface area contributed by atoms with Crippen LogP contribution in [0, 0.1) is 5.82 Å². The first-order valence-corrected chi connectivity index (χ1v) is 7.74. The van der Waals surface area contributed by atoms with Crippen LogP contribution in [0.4, 0.5) is 10.2 Å². The van der Waals surface area contributed by atoms with E-state index in [4.69, 9.17) is 5.11 Å². The fourth-order valence-electron chi connectivity index (χ4n) is 1.48. The molecular formula is C12H8BrFN2O4S. The Bertz CT molecular complexity index is 793. The highest BCUT2D eigenvalue weighted by molar-refractivity contribution is 9.10. The first-order chi connectivity index (χ1) is 9.79. The van der Waals surface area contributed by atoms with Gasteiger partial charge in [0.2, 0.25) is 0 Å². The minimum atomic E-state index is -3.97. The molecule has 0 unspecified atom stereocenters. The van der Waals surface area contributed by atoms with Crippen molar-refractivity contribution in [1.82, 2.24) is 4.98 Å². The Balaban J connectivity index is 2.35. The molecule has 0 atom stereocenters. The van der Waals surface area contributed by atoms with E-state index in [-0.39, 0.29) is 20.7 Å². The van der Waals surface area contributed by atoms with Crippen LogP contribution < -0.4 is 4.72 Å². The van der Waals surface area contributed by atoms with Crippen molar-refractivity contribution >= 4 is 37.7 Å². The predicted octanol–water partition coefficient (Wildman–Crippen LogP) is 2.48. The smallest absolute Gasteiger partial charge is 0.335 e. The molecule has 0 fully saturated rings. The molecule has 0 bridgehead atoms. The number of sulfonamides is 1. The van der Waals surface area contributed by atoms with Gasteiger partial charge in [0.05, 0.1) is 11.8 Å². The molecule has 0 aliphatic heterocycles. The van der Waals surface area contributed by atoms with Gasteiger partial charge in [-0.15, -0.1) is 0 Å². The van der Waals surface area contributed by atoms with Crippen LogP contribution in [0.2, 0.25) is 0 Å². The van der Waals surface area contributed by atoms with Gasteiger partial charge in [-0.1, -0.05) is 0 Å². The molecule has 1 aromatic carbocycles. The van der Waals surface area contributed by atoms with Crippen LogP contribution in [-0.4, -0.2) is 24.5 Å². The molecule has 0 amide bonds. The molecule has 0 radical (unpaired) electrons. The molecular weight excluding hydrogens is 367 g/mol. The molecule has 21 heavy (non-hydrogen) atoms. The largest absolute Gasteiger partial charge is 0.478 e. The van der Waals surface area contributed by atoms with Gasteiger partial charge in [0.1, 0.15) is 16.5 Å². The van der Waals surface area contributed by atoms with Crippen molar-refractivity contribution in [3.8, 4) is 0 Å². The van der Waals surface area contributed by atoms with Crippen molar-refractivity contribution in [3.05, 3.63) is 52.4 Å². The topological polar surface area (TPSA) is 96.4 Å². The van der Waals surface area contributed by atoms with Gasteiger partial charge < -0.3 is 5.11 Å². The van der Waals surface area contributed by atoms with E-state index in [1.807, 2.05) is 0 Å². The van der Waals surface area contributed by atoms with Gasteiger partial charge in [0, 0.05) is 4.47 Å². The average molecular weight is 375 g/mol. The second-order valence-electron chi connectivity index (χ2n) is 3.92. The van der Waals surface area contributed by atoms with Crippen LogP contribution in [0.3, 0.4) is 0 Å². The van der Waals surface area contributed by atoms with E-state index in [0.29, 0.717) is 0 Å². The normalized spacial score (nSPS) is 11.1. The molecule has 1 aromatic heterocycles. The summed E-state index contributed by atoms with van der Waals surface area (Å²) in [4.78, 5) is 14.2. The summed E-state index contributed by atoms with van der Waals surface area (Å²) >= 11 is 3.01. The highest BCUT2D eigenvalue weighted by atomic mass is 79.9. The quantitative estimate of drug-likeness (QED) is 0.856. The number of nitrogens with one attached hydrogen (secondary N) is 1. The Labute approximate surface area is 127 Å². The lowest BCUT2D eigenvalue weighted by atomic mass is 10.2. The summed E-state index contributed by atoms with van der Waals surface area (Å²) in [5.41, 5.74) is -0.0549. The molecule has 6 nitrogen and oxygen atoms in total. The number of aromatic carboxylic acids is 1. The van der Waals surface area contributed by atoms with Gasteiger partial charge in [-0.2, -0.15) is 0 Å². The first-order valence-electron chi connectivity index (χ1n) is 5.47. The van der Waals surface area contributed by atoms with E-state index in [9.17, 15) is 17.6 Å². The standard InChI is InChI=1S/C12H8BrFN2O4S/c13-9-5-7(12(17)18)1-3-10(9)21(19,20)16-11-4-2-8(14)6-15-11/h1-6H,(H,15,16)(H,17,18). The Hall–Kier alpha value is -2.00. The molecule has 0 saturated heterocycles. The van der Waals surface area contributed by atoms with Crippen LogP contribution in [-0.2, 0) is 10.0 Å². The minimum Gasteiger partial charge on any atom is -0.478 e. The second kappa shape index (κ2) is 5.78. The maximum absolute atomic E-state index is 12.7. The van der Waals surface area contributed by atoms with Gasteiger partial charge in [0.25, 0.3) is 10.0 Å². The summed E-state index contributed by atoms with van der Waals surface area (Å²) < 4.78 is 39.3. The number of rotatable bonds is 4. The zero-order valence-electron chi connectivity index (χ0n) is 10.2. The van der Waals surface area contributed by atoms with Crippen molar-refractivity contribution in [2.24, 2.45) is 0 Å². The Morgan fingerprint density at radius 1 is 1.29 bits per heavy atom.